The van der Waals surface area contributed by atoms with Crippen LogP contribution in [0.15, 0.2) is 24.3 Å². The predicted molar refractivity (Wildman–Crippen MR) is 107 cm³/mol. The van der Waals surface area contributed by atoms with Crippen molar-refractivity contribution >= 4 is 50.1 Å². The molecule has 0 spiro atoms. The number of hydrogen-bond donors (Lipinski definition) is 0. The third-order valence-electron chi connectivity index (χ3n) is 4.52. The lowest BCUT2D eigenvalue weighted by Crippen LogP contribution is -2.38. The second kappa shape index (κ2) is 7.31. The molecule has 10 heteroatoms. The number of halogens is 1. The minimum atomic E-state index is -3.20. The second-order valence-electron chi connectivity index (χ2n) is 6.54. The van der Waals surface area contributed by atoms with E-state index in [2.05, 4.69) is 15.3 Å². The molecule has 7 nitrogen and oxygen atoms in total. The summed E-state index contributed by atoms with van der Waals surface area (Å²) >= 11 is 7.45. The van der Waals surface area contributed by atoms with Gasteiger partial charge in [-0.3, -0.25) is 0 Å². The number of fused-ring (bicyclic) bond motifs is 1. The number of piperidine rings is 1. The Bertz CT molecular complexity index is 1110. The highest BCUT2D eigenvalue weighted by Gasteiger charge is 2.30. The first-order chi connectivity index (χ1) is 12.9. The van der Waals surface area contributed by atoms with Crippen LogP contribution in [0.1, 0.15) is 35.2 Å². The van der Waals surface area contributed by atoms with E-state index >= 15 is 0 Å². The van der Waals surface area contributed by atoms with Gasteiger partial charge >= 0.3 is 0 Å². The van der Waals surface area contributed by atoms with E-state index in [1.807, 2.05) is 36.4 Å². The van der Waals surface area contributed by atoms with Crippen LogP contribution in [0.3, 0.4) is 0 Å². The van der Waals surface area contributed by atoms with Crippen LogP contribution in [0, 0.1) is 0 Å². The summed E-state index contributed by atoms with van der Waals surface area (Å²) in [5, 5.41) is 14.6. The van der Waals surface area contributed by atoms with Crippen LogP contribution in [0.5, 0.6) is 0 Å². The molecule has 0 radical (unpaired) electrons. The number of benzene rings is 1. The zero-order valence-corrected chi connectivity index (χ0v) is 17.0. The van der Waals surface area contributed by atoms with Crippen molar-refractivity contribution in [2.45, 2.75) is 18.8 Å². The van der Waals surface area contributed by atoms with Gasteiger partial charge in [-0.15, -0.1) is 10.2 Å². The predicted octanol–water partition coefficient (Wildman–Crippen LogP) is 3.15. The van der Waals surface area contributed by atoms with Crippen molar-refractivity contribution in [3.8, 4) is 0 Å². The molecule has 2 aromatic heterocycles. The highest BCUT2D eigenvalue weighted by atomic mass is 35.5. The van der Waals surface area contributed by atoms with Gasteiger partial charge in [-0.2, -0.15) is 9.61 Å². The molecule has 3 heterocycles. The average Bonchev–Trinajstić information content (AvgIpc) is 3.19. The summed E-state index contributed by atoms with van der Waals surface area (Å²) in [5.74, 6) is 0.715. The quantitative estimate of drug-likeness (QED) is 0.643. The third kappa shape index (κ3) is 4.06. The molecule has 27 heavy (non-hydrogen) atoms. The summed E-state index contributed by atoms with van der Waals surface area (Å²) in [6.07, 6.45) is 6.79. The van der Waals surface area contributed by atoms with E-state index in [-0.39, 0.29) is 5.92 Å². The van der Waals surface area contributed by atoms with E-state index in [1.165, 1.54) is 21.9 Å². The van der Waals surface area contributed by atoms with Gasteiger partial charge in [0.1, 0.15) is 5.01 Å². The average molecular weight is 424 g/mol. The van der Waals surface area contributed by atoms with Crippen LogP contribution in [-0.4, -0.2) is 51.9 Å². The first-order valence-corrected chi connectivity index (χ1v) is 11.6. The number of aromatic nitrogens is 4. The molecule has 0 saturated carbocycles. The molecule has 1 aromatic carbocycles. The summed E-state index contributed by atoms with van der Waals surface area (Å²) in [6, 6.07) is 7.58. The molecule has 4 rings (SSSR count). The summed E-state index contributed by atoms with van der Waals surface area (Å²) in [4.78, 5) is 0.701. The molecule has 0 bridgehead atoms. The third-order valence-corrected chi connectivity index (χ3v) is 6.88. The van der Waals surface area contributed by atoms with Crippen molar-refractivity contribution < 1.29 is 8.42 Å². The highest BCUT2D eigenvalue weighted by Crippen LogP contribution is 2.28. The van der Waals surface area contributed by atoms with Crippen LogP contribution in [0.2, 0.25) is 5.02 Å². The zero-order chi connectivity index (χ0) is 19.0. The molecule has 1 aliphatic heterocycles. The van der Waals surface area contributed by atoms with Crippen LogP contribution in [-0.2, 0) is 10.0 Å². The minimum Gasteiger partial charge on any atom is -0.213 e. The van der Waals surface area contributed by atoms with E-state index in [0.717, 1.165) is 29.2 Å². The Morgan fingerprint density at radius 3 is 2.93 bits per heavy atom. The van der Waals surface area contributed by atoms with E-state index in [0.29, 0.717) is 23.1 Å². The van der Waals surface area contributed by atoms with Crippen LogP contribution < -0.4 is 0 Å². The molecular weight excluding hydrogens is 406 g/mol. The standard InChI is InChI=1S/C17H18ClN5O2S2/c1-27(24,25)22-9-3-5-13(11-22)16-19-20-17-23(16)21-15(26-17)8-7-12-4-2-6-14(18)10-12/h2,4,6-8,10,13H,3,5,9,11H2,1H3/b8-7+. The van der Waals surface area contributed by atoms with Gasteiger partial charge in [0, 0.05) is 24.0 Å². The summed E-state index contributed by atoms with van der Waals surface area (Å²) in [7, 11) is -3.20. The van der Waals surface area contributed by atoms with E-state index in [1.54, 1.807) is 4.52 Å². The number of hydrogen-bond acceptors (Lipinski definition) is 6. The molecule has 1 atom stereocenters. The summed E-state index contributed by atoms with van der Waals surface area (Å²) in [6.45, 7) is 0.979. The lowest BCUT2D eigenvalue weighted by molar-refractivity contribution is 0.309. The molecule has 0 amide bonds. The van der Waals surface area contributed by atoms with Crippen LogP contribution in [0.25, 0.3) is 17.1 Å². The maximum absolute atomic E-state index is 11.9. The number of nitrogens with zero attached hydrogens (tertiary/aromatic N) is 5. The molecule has 3 aromatic rings. The molecule has 1 unspecified atom stereocenters. The Kier molecular flexibility index (Phi) is 5.02. The Hall–Kier alpha value is -1.81. The van der Waals surface area contributed by atoms with Crippen molar-refractivity contribution in [2.24, 2.45) is 0 Å². The van der Waals surface area contributed by atoms with Gasteiger partial charge in [0.25, 0.3) is 0 Å². The fourth-order valence-corrected chi connectivity index (χ4v) is 5.06. The maximum atomic E-state index is 11.9. The van der Waals surface area contributed by atoms with Crippen molar-refractivity contribution in [1.29, 1.82) is 0 Å². The molecule has 1 saturated heterocycles. The van der Waals surface area contributed by atoms with Gasteiger partial charge < -0.3 is 0 Å². The van der Waals surface area contributed by atoms with Crippen molar-refractivity contribution in [3.05, 3.63) is 45.7 Å². The monoisotopic (exact) mass is 423 g/mol. The van der Waals surface area contributed by atoms with Gasteiger partial charge in [0.15, 0.2) is 5.82 Å². The topological polar surface area (TPSA) is 80.5 Å². The van der Waals surface area contributed by atoms with Gasteiger partial charge in [0.2, 0.25) is 15.0 Å². The van der Waals surface area contributed by atoms with Crippen molar-refractivity contribution in [3.63, 3.8) is 0 Å². The van der Waals surface area contributed by atoms with Gasteiger partial charge in [0.05, 0.1) is 6.26 Å². The Morgan fingerprint density at radius 1 is 1.30 bits per heavy atom. The van der Waals surface area contributed by atoms with Gasteiger partial charge in [-0.05, 0) is 36.6 Å². The first kappa shape index (κ1) is 18.5. The zero-order valence-electron chi connectivity index (χ0n) is 14.6. The van der Waals surface area contributed by atoms with Crippen molar-refractivity contribution in [1.82, 2.24) is 24.1 Å². The van der Waals surface area contributed by atoms with E-state index < -0.39 is 10.0 Å². The van der Waals surface area contributed by atoms with Gasteiger partial charge in [-0.1, -0.05) is 41.1 Å². The molecule has 1 aliphatic rings. The summed E-state index contributed by atoms with van der Waals surface area (Å²) < 4.78 is 27.0. The fraction of sp³-hybridized carbons (Fsp3) is 0.353. The smallest absolute Gasteiger partial charge is 0.213 e. The molecule has 0 N–H and O–H groups in total. The lowest BCUT2D eigenvalue weighted by atomic mass is 9.99. The maximum Gasteiger partial charge on any atom is 0.234 e. The molecular formula is C17H18ClN5O2S2. The molecule has 0 aliphatic carbocycles. The van der Waals surface area contributed by atoms with Crippen LogP contribution in [0.4, 0.5) is 0 Å². The van der Waals surface area contributed by atoms with Crippen molar-refractivity contribution in [2.75, 3.05) is 19.3 Å². The second-order valence-corrected chi connectivity index (χ2v) is 9.95. The fourth-order valence-electron chi connectivity index (χ4n) is 3.20. The Morgan fingerprint density at radius 2 is 2.15 bits per heavy atom. The minimum absolute atomic E-state index is 0.00432. The SMILES string of the molecule is CS(=O)(=O)N1CCCC(c2nnc3sc(/C=C/c4cccc(Cl)c4)nn23)C1. The largest absolute Gasteiger partial charge is 0.234 e. The molecule has 142 valence electrons. The number of sulfonamides is 1. The Labute approximate surface area is 166 Å². The first-order valence-electron chi connectivity index (χ1n) is 8.51. The van der Waals surface area contributed by atoms with E-state index in [9.17, 15) is 8.42 Å². The van der Waals surface area contributed by atoms with E-state index in [4.69, 9.17) is 11.6 Å². The normalized spacial score (nSPS) is 19.3. The van der Waals surface area contributed by atoms with Crippen LogP contribution >= 0.6 is 22.9 Å². The molecule has 1 fully saturated rings. The summed E-state index contributed by atoms with van der Waals surface area (Å²) in [5.41, 5.74) is 0.991. The Balaban J connectivity index is 1.59. The lowest BCUT2D eigenvalue weighted by Gasteiger charge is -2.29. The number of rotatable bonds is 4. The van der Waals surface area contributed by atoms with Gasteiger partial charge in [-0.25, -0.2) is 12.7 Å². The highest BCUT2D eigenvalue weighted by molar-refractivity contribution is 7.88.